The van der Waals surface area contributed by atoms with Crippen LogP contribution in [-0.4, -0.2) is 27.5 Å². The van der Waals surface area contributed by atoms with Crippen molar-refractivity contribution in [2.45, 2.75) is 38.9 Å². The van der Waals surface area contributed by atoms with E-state index < -0.39 is 0 Å². The van der Waals surface area contributed by atoms with E-state index in [1.54, 1.807) is 0 Å². The van der Waals surface area contributed by atoms with Gasteiger partial charge in [-0.2, -0.15) is 0 Å². The van der Waals surface area contributed by atoms with E-state index in [9.17, 15) is 0 Å². The van der Waals surface area contributed by atoms with E-state index in [0.29, 0.717) is 0 Å². The van der Waals surface area contributed by atoms with Gasteiger partial charge in [0.15, 0.2) is 0 Å². The van der Waals surface area contributed by atoms with Crippen molar-refractivity contribution >= 4 is 98.5 Å². The maximum atomic E-state index is 6.43. The maximum Gasteiger partial charge on any atom is 0.494 e. The Morgan fingerprint density at radius 1 is 0.391 bits per heavy atom. The number of aromatic nitrogens is 2. The third kappa shape index (κ3) is 5.63. The van der Waals surface area contributed by atoms with Gasteiger partial charge in [0, 0.05) is 53.1 Å². The molecule has 0 amide bonds. The van der Waals surface area contributed by atoms with Crippen LogP contribution in [-0.2, 0) is 9.31 Å². The Kier molecular flexibility index (Phi) is 8.09. The number of hydrogen-bond acceptors (Lipinski definition) is 3. The molecule has 6 heteroatoms. The molecule has 0 N–H and O–H groups in total. The topological polar surface area (TPSA) is 28.3 Å². The zero-order valence-corrected chi connectivity index (χ0v) is 36.9. The molecule has 1 fully saturated rings. The van der Waals surface area contributed by atoms with E-state index in [-0.39, 0.29) is 18.3 Å². The highest BCUT2D eigenvalue weighted by molar-refractivity contribution is 7.26. The Balaban J connectivity index is 0.921. The molecule has 0 spiro atoms. The van der Waals surface area contributed by atoms with Gasteiger partial charge < -0.3 is 18.4 Å². The van der Waals surface area contributed by atoms with Gasteiger partial charge in [-0.05, 0) is 121 Å². The summed E-state index contributed by atoms with van der Waals surface area (Å²) < 4.78 is 20.2. The van der Waals surface area contributed by atoms with Crippen LogP contribution in [0.15, 0.2) is 188 Å². The lowest BCUT2D eigenvalue weighted by Crippen LogP contribution is -2.41. The Morgan fingerprint density at radius 3 is 1.53 bits per heavy atom. The van der Waals surface area contributed by atoms with Crippen LogP contribution in [0.5, 0.6) is 0 Å². The van der Waals surface area contributed by atoms with Crippen LogP contribution in [0, 0.1) is 0 Å². The molecule has 4 nitrogen and oxygen atoms in total. The van der Waals surface area contributed by atoms with Crippen LogP contribution >= 0.6 is 11.3 Å². The molecule has 0 unspecified atom stereocenters. The standard InChI is InChI=1S/C58H43BN2O2S/c1-57(2)58(3,4)63-59(62-57)40-24-30-49-50-31-27-42(35-56(50)64-55(49)34-40)61-52-19-10-8-16-46(52)48-29-23-39(33-54(48)61)38-22-28-47-45-15-7-9-18-51(45)60(53(47)32-38)41-25-20-37(21-26-41)44-17-11-13-36-12-5-6-14-43(36)44/h5-35H,1-4H3. The summed E-state index contributed by atoms with van der Waals surface area (Å²) in [6.07, 6.45) is 0. The van der Waals surface area contributed by atoms with Crippen LogP contribution in [0.4, 0.5) is 0 Å². The van der Waals surface area contributed by atoms with E-state index in [4.69, 9.17) is 9.31 Å². The molecule has 0 bridgehead atoms. The van der Waals surface area contributed by atoms with Crippen molar-refractivity contribution in [1.82, 2.24) is 9.13 Å². The molecule has 0 atom stereocenters. The molecular formula is C58H43BN2O2S. The summed E-state index contributed by atoms with van der Waals surface area (Å²) >= 11 is 1.83. The maximum absolute atomic E-state index is 6.43. The first-order valence-corrected chi connectivity index (χ1v) is 23.0. The lowest BCUT2D eigenvalue weighted by molar-refractivity contribution is 0.00578. The van der Waals surface area contributed by atoms with E-state index in [2.05, 4.69) is 225 Å². The van der Waals surface area contributed by atoms with Crippen molar-refractivity contribution in [3.05, 3.63) is 188 Å². The van der Waals surface area contributed by atoms with Gasteiger partial charge in [0.25, 0.3) is 0 Å². The van der Waals surface area contributed by atoms with Gasteiger partial charge in [0.2, 0.25) is 0 Å². The van der Waals surface area contributed by atoms with Gasteiger partial charge in [0.1, 0.15) is 0 Å². The monoisotopic (exact) mass is 842 g/mol. The molecule has 13 rings (SSSR count). The first-order valence-electron chi connectivity index (χ1n) is 22.2. The third-order valence-electron chi connectivity index (χ3n) is 14.2. The van der Waals surface area contributed by atoms with Crippen molar-refractivity contribution < 1.29 is 9.31 Å². The largest absolute Gasteiger partial charge is 0.494 e. The van der Waals surface area contributed by atoms with Gasteiger partial charge in [0.05, 0.1) is 33.3 Å². The minimum atomic E-state index is -0.390. The Morgan fingerprint density at radius 2 is 0.875 bits per heavy atom. The molecule has 4 heterocycles. The summed E-state index contributed by atoms with van der Waals surface area (Å²) in [6.45, 7) is 8.43. The number of nitrogens with zero attached hydrogens (tertiary/aromatic N) is 2. The van der Waals surface area contributed by atoms with Gasteiger partial charge in [-0.15, -0.1) is 11.3 Å². The van der Waals surface area contributed by atoms with Crippen LogP contribution in [0.1, 0.15) is 27.7 Å². The van der Waals surface area contributed by atoms with Gasteiger partial charge in [-0.1, -0.05) is 133 Å². The highest BCUT2D eigenvalue weighted by Crippen LogP contribution is 2.42. The second-order valence-corrected chi connectivity index (χ2v) is 19.5. The highest BCUT2D eigenvalue weighted by atomic mass is 32.1. The van der Waals surface area contributed by atoms with Crippen molar-refractivity contribution in [3.8, 4) is 33.6 Å². The minimum Gasteiger partial charge on any atom is -0.399 e. The van der Waals surface area contributed by atoms with Crippen LogP contribution < -0.4 is 5.46 Å². The number of fused-ring (bicyclic) bond motifs is 10. The van der Waals surface area contributed by atoms with Crippen molar-refractivity contribution in [3.63, 3.8) is 0 Å². The first kappa shape index (κ1) is 37.6. The summed E-state index contributed by atoms with van der Waals surface area (Å²) in [4.78, 5) is 0. The second-order valence-electron chi connectivity index (χ2n) is 18.4. The zero-order chi connectivity index (χ0) is 42.9. The fourth-order valence-electron chi connectivity index (χ4n) is 10.2. The predicted molar refractivity (Wildman–Crippen MR) is 272 cm³/mol. The number of rotatable bonds is 5. The molecule has 3 aromatic heterocycles. The Hall–Kier alpha value is -6.96. The van der Waals surface area contributed by atoms with Gasteiger partial charge >= 0.3 is 7.12 Å². The molecule has 12 aromatic rings. The molecule has 306 valence electrons. The number of thiophene rings is 1. The van der Waals surface area contributed by atoms with E-state index in [1.807, 2.05) is 11.3 Å². The molecule has 1 aliphatic rings. The molecule has 1 aliphatic heterocycles. The quantitative estimate of drug-likeness (QED) is 0.162. The van der Waals surface area contributed by atoms with E-state index in [0.717, 1.165) is 16.8 Å². The fraction of sp³-hybridized carbons (Fsp3) is 0.103. The second kappa shape index (κ2) is 13.8. The number of hydrogen-bond donors (Lipinski definition) is 0. The first-order chi connectivity index (χ1) is 31.2. The third-order valence-corrected chi connectivity index (χ3v) is 15.3. The summed E-state index contributed by atoms with van der Waals surface area (Å²) in [5.41, 5.74) is 12.2. The average molecular weight is 843 g/mol. The summed E-state index contributed by atoms with van der Waals surface area (Å²) in [6, 6.07) is 69.4. The Bertz CT molecular complexity index is 3850. The van der Waals surface area contributed by atoms with Crippen LogP contribution in [0.2, 0.25) is 0 Å². The smallest absolute Gasteiger partial charge is 0.399 e. The van der Waals surface area contributed by atoms with Gasteiger partial charge in [-0.3, -0.25) is 0 Å². The summed E-state index contributed by atoms with van der Waals surface area (Å²) in [5, 5.41) is 10.0. The lowest BCUT2D eigenvalue weighted by atomic mass is 9.79. The predicted octanol–water partition coefficient (Wildman–Crippen LogP) is 15.0. The number of para-hydroxylation sites is 2. The van der Waals surface area contributed by atoms with E-state index >= 15 is 0 Å². The summed E-state index contributed by atoms with van der Waals surface area (Å²) in [5.74, 6) is 0. The number of benzene rings is 9. The van der Waals surface area contributed by atoms with Crippen molar-refractivity contribution in [2.75, 3.05) is 0 Å². The fourth-order valence-corrected chi connectivity index (χ4v) is 11.4. The minimum absolute atomic E-state index is 0.386. The van der Waals surface area contributed by atoms with Crippen LogP contribution in [0.3, 0.4) is 0 Å². The normalized spacial score (nSPS) is 15.0. The average Bonchev–Trinajstić information content (AvgIpc) is 4.02. The van der Waals surface area contributed by atoms with Crippen molar-refractivity contribution in [1.29, 1.82) is 0 Å². The molecule has 0 radical (unpaired) electrons. The zero-order valence-electron chi connectivity index (χ0n) is 36.1. The molecule has 1 saturated heterocycles. The van der Waals surface area contributed by atoms with E-state index in [1.165, 1.54) is 96.8 Å². The molecule has 0 aliphatic carbocycles. The van der Waals surface area contributed by atoms with Crippen LogP contribution in [0.25, 0.3) is 108 Å². The summed E-state index contributed by atoms with van der Waals surface area (Å²) in [7, 11) is -0.390. The molecule has 9 aromatic carbocycles. The molecule has 64 heavy (non-hydrogen) atoms. The lowest BCUT2D eigenvalue weighted by Gasteiger charge is -2.32. The molecular weight excluding hydrogens is 800 g/mol. The Labute approximate surface area is 375 Å². The molecule has 0 saturated carbocycles. The van der Waals surface area contributed by atoms with Gasteiger partial charge in [-0.25, -0.2) is 0 Å². The SMILES string of the molecule is CC1(C)OB(c2ccc3c(c2)sc2cc(-n4c5ccccc5c5ccc(-c6ccc7c8ccccc8n(-c8ccc(-c9cccc%10ccccc9%10)cc8)c7c6)cc54)ccc23)OC1(C)C. The highest BCUT2D eigenvalue weighted by Gasteiger charge is 2.51. The van der Waals surface area contributed by atoms with Crippen molar-refractivity contribution in [2.24, 2.45) is 0 Å².